The molecule has 0 saturated heterocycles. The Kier molecular flexibility index (Phi) is 4.18. The van der Waals surface area contributed by atoms with Crippen molar-refractivity contribution in [3.8, 4) is 6.07 Å². The van der Waals surface area contributed by atoms with Crippen molar-refractivity contribution in [3.63, 3.8) is 0 Å². The number of hydrogen-bond acceptors (Lipinski definition) is 3. The summed E-state index contributed by atoms with van der Waals surface area (Å²) in [7, 11) is 1.81. The van der Waals surface area contributed by atoms with E-state index in [1.54, 1.807) is 11.0 Å². The van der Waals surface area contributed by atoms with Gasteiger partial charge in [-0.05, 0) is 37.0 Å². The van der Waals surface area contributed by atoms with Crippen molar-refractivity contribution in [2.45, 2.75) is 31.8 Å². The normalized spacial score (nSPS) is 21.9. The molecule has 0 radical (unpaired) electrons. The molecule has 19 heavy (non-hydrogen) atoms. The second-order valence-electron chi connectivity index (χ2n) is 5.28. The van der Waals surface area contributed by atoms with Crippen LogP contribution in [0, 0.1) is 17.2 Å². The molecule has 0 heterocycles. The van der Waals surface area contributed by atoms with E-state index in [4.69, 9.17) is 11.0 Å². The van der Waals surface area contributed by atoms with E-state index in [1.807, 2.05) is 25.2 Å². The fourth-order valence-corrected chi connectivity index (χ4v) is 2.64. The molecule has 0 bridgehead atoms. The summed E-state index contributed by atoms with van der Waals surface area (Å²) in [6, 6.07) is 9.65. The van der Waals surface area contributed by atoms with E-state index in [9.17, 15) is 4.79 Å². The Labute approximate surface area is 113 Å². The summed E-state index contributed by atoms with van der Waals surface area (Å²) in [5, 5.41) is 8.86. The third kappa shape index (κ3) is 3.33. The molecular formula is C15H19N3O. The van der Waals surface area contributed by atoms with Crippen LogP contribution in [0.1, 0.15) is 30.4 Å². The third-order valence-corrected chi connectivity index (χ3v) is 3.67. The molecule has 2 rings (SSSR count). The van der Waals surface area contributed by atoms with Gasteiger partial charge in [0, 0.05) is 25.6 Å². The zero-order chi connectivity index (χ0) is 13.8. The third-order valence-electron chi connectivity index (χ3n) is 3.67. The molecule has 1 amide bonds. The molecule has 1 saturated carbocycles. The lowest BCUT2D eigenvalue weighted by molar-refractivity contribution is -0.134. The number of amides is 1. The largest absolute Gasteiger partial charge is 0.341 e. The van der Waals surface area contributed by atoms with Crippen LogP contribution in [0.2, 0.25) is 0 Å². The Morgan fingerprint density at radius 2 is 2.32 bits per heavy atom. The van der Waals surface area contributed by atoms with Gasteiger partial charge in [-0.15, -0.1) is 0 Å². The first-order chi connectivity index (χ1) is 9.10. The molecule has 1 fully saturated rings. The monoisotopic (exact) mass is 257 g/mol. The highest BCUT2D eigenvalue weighted by Crippen LogP contribution is 2.26. The van der Waals surface area contributed by atoms with Crippen LogP contribution in [-0.2, 0) is 11.3 Å². The van der Waals surface area contributed by atoms with Crippen molar-refractivity contribution in [1.29, 1.82) is 5.26 Å². The molecule has 4 heteroatoms. The summed E-state index contributed by atoms with van der Waals surface area (Å²) in [6.45, 7) is 0.542. The number of nitriles is 1. The van der Waals surface area contributed by atoms with E-state index in [0.717, 1.165) is 24.8 Å². The van der Waals surface area contributed by atoms with Gasteiger partial charge >= 0.3 is 0 Å². The average molecular weight is 257 g/mol. The quantitative estimate of drug-likeness (QED) is 0.895. The minimum atomic E-state index is 0.0687. The van der Waals surface area contributed by atoms with Gasteiger partial charge in [0.2, 0.25) is 5.91 Å². The molecular weight excluding hydrogens is 238 g/mol. The zero-order valence-corrected chi connectivity index (χ0v) is 11.2. The molecule has 1 aromatic carbocycles. The van der Waals surface area contributed by atoms with E-state index >= 15 is 0 Å². The van der Waals surface area contributed by atoms with Crippen LogP contribution in [0.25, 0.3) is 0 Å². The second kappa shape index (κ2) is 5.85. The van der Waals surface area contributed by atoms with Crippen LogP contribution in [0.3, 0.4) is 0 Å². The highest BCUT2D eigenvalue weighted by molar-refractivity contribution is 5.79. The summed E-state index contributed by atoms with van der Waals surface area (Å²) in [4.78, 5) is 14.0. The number of hydrogen-bond donors (Lipinski definition) is 1. The topological polar surface area (TPSA) is 70.1 Å². The molecule has 2 atom stereocenters. The fourth-order valence-electron chi connectivity index (χ4n) is 2.64. The van der Waals surface area contributed by atoms with E-state index in [0.29, 0.717) is 12.1 Å². The lowest BCUT2D eigenvalue weighted by atomic mass is 10.1. The molecule has 100 valence electrons. The van der Waals surface area contributed by atoms with Crippen LogP contribution in [0.15, 0.2) is 24.3 Å². The van der Waals surface area contributed by atoms with Gasteiger partial charge in [0.25, 0.3) is 0 Å². The van der Waals surface area contributed by atoms with Gasteiger partial charge in [-0.1, -0.05) is 12.1 Å². The Morgan fingerprint density at radius 3 is 2.95 bits per heavy atom. The molecule has 0 aromatic heterocycles. The summed E-state index contributed by atoms with van der Waals surface area (Å²) >= 11 is 0. The maximum atomic E-state index is 12.3. The van der Waals surface area contributed by atoms with Crippen molar-refractivity contribution in [1.82, 2.24) is 4.90 Å². The zero-order valence-electron chi connectivity index (χ0n) is 11.2. The van der Waals surface area contributed by atoms with Crippen molar-refractivity contribution in [2.75, 3.05) is 7.05 Å². The number of rotatable bonds is 3. The highest BCUT2D eigenvalue weighted by Gasteiger charge is 2.29. The van der Waals surface area contributed by atoms with Crippen molar-refractivity contribution < 1.29 is 4.79 Å². The van der Waals surface area contributed by atoms with E-state index in [-0.39, 0.29) is 17.9 Å². The van der Waals surface area contributed by atoms with E-state index < -0.39 is 0 Å². The molecule has 0 spiro atoms. The fraction of sp³-hybridized carbons (Fsp3) is 0.467. The van der Waals surface area contributed by atoms with Gasteiger partial charge in [0.15, 0.2) is 0 Å². The molecule has 1 aliphatic carbocycles. The van der Waals surface area contributed by atoms with Crippen LogP contribution in [0.5, 0.6) is 0 Å². The van der Waals surface area contributed by atoms with Crippen molar-refractivity contribution in [2.24, 2.45) is 11.7 Å². The second-order valence-corrected chi connectivity index (χ2v) is 5.28. The Hall–Kier alpha value is -1.86. The Morgan fingerprint density at radius 1 is 1.53 bits per heavy atom. The van der Waals surface area contributed by atoms with Crippen molar-refractivity contribution in [3.05, 3.63) is 35.4 Å². The van der Waals surface area contributed by atoms with Crippen LogP contribution >= 0.6 is 0 Å². The molecule has 1 aliphatic rings. The predicted octanol–water partition coefficient (Wildman–Crippen LogP) is 1.64. The predicted molar refractivity (Wildman–Crippen MR) is 72.9 cm³/mol. The van der Waals surface area contributed by atoms with E-state index in [1.165, 1.54) is 0 Å². The molecule has 4 nitrogen and oxygen atoms in total. The number of carbonyl (C=O) groups excluding carboxylic acids is 1. The van der Waals surface area contributed by atoms with E-state index in [2.05, 4.69) is 6.07 Å². The summed E-state index contributed by atoms with van der Waals surface area (Å²) in [6.07, 6.45) is 2.62. The summed E-state index contributed by atoms with van der Waals surface area (Å²) in [5.74, 6) is 0.231. The Bertz CT molecular complexity index is 506. The molecule has 2 unspecified atom stereocenters. The first kappa shape index (κ1) is 13.6. The number of benzene rings is 1. The lowest BCUT2D eigenvalue weighted by Crippen LogP contribution is -2.32. The lowest BCUT2D eigenvalue weighted by Gasteiger charge is -2.21. The number of nitrogens with zero attached hydrogens (tertiary/aromatic N) is 2. The summed E-state index contributed by atoms with van der Waals surface area (Å²) in [5.41, 5.74) is 7.46. The van der Waals surface area contributed by atoms with Crippen LogP contribution < -0.4 is 5.73 Å². The van der Waals surface area contributed by atoms with Gasteiger partial charge in [-0.25, -0.2) is 0 Å². The van der Waals surface area contributed by atoms with Gasteiger partial charge in [0.05, 0.1) is 11.6 Å². The minimum absolute atomic E-state index is 0.0687. The summed E-state index contributed by atoms with van der Waals surface area (Å²) < 4.78 is 0. The first-order valence-electron chi connectivity index (χ1n) is 6.59. The smallest absolute Gasteiger partial charge is 0.225 e. The first-order valence-corrected chi connectivity index (χ1v) is 6.59. The van der Waals surface area contributed by atoms with Gasteiger partial charge in [-0.2, -0.15) is 5.26 Å². The van der Waals surface area contributed by atoms with Crippen molar-refractivity contribution >= 4 is 5.91 Å². The van der Waals surface area contributed by atoms with Gasteiger partial charge in [-0.3, -0.25) is 4.79 Å². The van der Waals surface area contributed by atoms with Gasteiger partial charge < -0.3 is 10.6 Å². The SMILES string of the molecule is CN(Cc1cccc(C#N)c1)C(=O)C1CCC(N)C1. The minimum Gasteiger partial charge on any atom is -0.341 e. The average Bonchev–Trinajstić information content (AvgIpc) is 2.84. The molecule has 1 aromatic rings. The highest BCUT2D eigenvalue weighted by atomic mass is 16.2. The maximum absolute atomic E-state index is 12.3. The number of carbonyl (C=O) groups is 1. The maximum Gasteiger partial charge on any atom is 0.225 e. The van der Waals surface area contributed by atoms with Crippen LogP contribution in [0.4, 0.5) is 0 Å². The molecule has 2 N–H and O–H groups in total. The Balaban J connectivity index is 1.98. The van der Waals surface area contributed by atoms with Gasteiger partial charge in [0.1, 0.15) is 0 Å². The molecule has 0 aliphatic heterocycles. The van der Waals surface area contributed by atoms with Crippen LogP contribution in [-0.4, -0.2) is 23.9 Å². The number of nitrogens with two attached hydrogens (primary N) is 1. The standard InChI is InChI=1S/C15H19N3O/c1-18(15(19)13-5-6-14(17)8-13)10-12-4-2-3-11(7-12)9-16/h2-4,7,13-14H,5-6,8,10,17H2,1H3.